The summed E-state index contributed by atoms with van der Waals surface area (Å²) < 4.78 is 14.4. The van der Waals surface area contributed by atoms with Crippen LogP contribution in [0.3, 0.4) is 0 Å². The maximum absolute atomic E-state index is 13.2. The lowest BCUT2D eigenvalue weighted by Gasteiger charge is -2.15. The molecule has 0 fully saturated rings. The van der Waals surface area contributed by atoms with Gasteiger partial charge in [-0.2, -0.15) is 0 Å². The van der Waals surface area contributed by atoms with Gasteiger partial charge in [0.15, 0.2) is 5.13 Å². The topological polar surface area (TPSA) is 29.0 Å². The van der Waals surface area contributed by atoms with Crippen molar-refractivity contribution in [2.75, 3.05) is 11.9 Å². The zero-order valence-corrected chi connectivity index (χ0v) is 12.8. The molecule has 0 saturated carbocycles. The number of aryl methyl sites for hydroxylation is 1. The Bertz CT molecular complexity index is 769. The summed E-state index contributed by atoms with van der Waals surface area (Å²) >= 11 is 1.66. The average Bonchev–Trinajstić information content (AvgIpc) is 2.90. The summed E-state index contributed by atoms with van der Waals surface area (Å²) in [5.74, 6) is -0.308. The first kappa shape index (κ1) is 13.9. The largest absolute Gasteiger partial charge is 0.347 e. The van der Waals surface area contributed by atoms with Gasteiger partial charge in [0.05, 0.1) is 16.4 Å². The van der Waals surface area contributed by atoms with Gasteiger partial charge < -0.3 is 4.90 Å². The smallest absolute Gasteiger partial charge is 0.186 e. The van der Waals surface area contributed by atoms with E-state index in [1.165, 1.54) is 22.5 Å². The molecule has 0 amide bonds. The fourth-order valence-corrected chi connectivity index (χ4v) is 3.21. The fourth-order valence-electron chi connectivity index (χ4n) is 2.22. The van der Waals surface area contributed by atoms with Crippen LogP contribution >= 0.6 is 11.3 Å². The SMILES string of the molecule is CCc1ccc2nc(N(C)Cc3cncc(F)c3)sc2c1. The minimum Gasteiger partial charge on any atom is -0.347 e. The first-order valence-corrected chi connectivity index (χ1v) is 7.67. The van der Waals surface area contributed by atoms with E-state index in [9.17, 15) is 4.39 Å². The summed E-state index contributed by atoms with van der Waals surface area (Å²) in [6, 6.07) is 7.87. The van der Waals surface area contributed by atoms with Crippen molar-refractivity contribution in [3.8, 4) is 0 Å². The zero-order chi connectivity index (χ0) is 14.8. The lowest BCUT2D eigenvalue weighted by molar-refractivity contribution is 0.618. The van der Waals surface area contributed by atoms with Crippen LogP contribution in [0.4, 0.5) is 9.52 Å². The molecule has 0 aliphatic heterocycles. The van der Waals surface area contributed by atoms with Gasteiger partial charge in [0, 0.05) is 19.8 Å². The van der Waals surface area contributed by atoms with Crippen molar-refractivity contribution in [1.29, 1.82) is 0 Å². The number of anilines is 1. The zero-order valence-electron chi connectivity index (χ0n) is 12.0. The Balaban J connectivity index is 1.85. The summed E-state index contributed by atoms with van der Waals surface area (Å²) in [5, 5.41) is 0.933. The second-order valence-corrected chi connectivity index (χ2v) is 6.03. The van der Waals surface area contributed by atoms with E-state index in [2.05, 4.69) is 35.1 Å². The Hall–Kier alpha value is -2.01. The van der Waals surface area contributed by atoms with E-state index in [1.807, 2.05) is 11.9 Å². The number of rotatable bonds is 4. The molecule has 0 unspecified atom stereocenters. The van der Waals surface area contributed by atoms with Gasteiger partial charge in [-0.25, -0.2) is 9.37 Å². The molecule has 3 aromatic rings. The summed E-state index contributed by atoms with van der Waals surface area (Å²) in [6.45, 7) is 2.73. The molecule has 0 spiro atoms. The molecule has 1 aromatic carbocycles. The van der Waals surface area contributed by atoms with E-state index in [0.29, 0.717) is 6.54 Å². The molecule has 0 bridgehead atoms. The second kappa shape index (κ2) is 5.77. The van der Waals surface area contributed by atoms with Gasteiger partial charge in [0.1, 0.15) is 5.82 Å². The number of thiazole rings is 1. The molecular weight excluding hydrogens is 285 g/mol. The first-order valence-electron chi connectivity index (χ1n) is 6.85. The van der Waals surface area contributed by atoms with E-state index < -0.39 is 0 Å². The average molecular weight is 301 g/mol. The number of aromatic nitrogens is 2. The number of hydrogen-bond donors (Lipinski definition) is 0. The molecule has 0 radical (unpaired) electrons. The summed E-state index contributed by atoms with van der Waals surface area (Å²) in [4.78, 5) is 10.5. The number of halogens is 1. The van der Waals surface area contributed by atoms with Gasteiger partial charge in [0.25, 0.3) is 0 Å². The quantitative estimate of drug-likeness (QED) is 0.728. The molecule has 0 aliphatic carbocycles. The van der Waals surface area contributed by atoms with Gasteiger partial charge >= 0.3 is 0 Å². The van der Waals surface area contributed by atoms with Crippen LogP contribution in [0.2, 0.25) is 0 Å². The van der Waals surface area contributed by atoms with Crippen molar-refractivity contribution in [3.05, 3.63) is 53.6 Å². The Labute approximate surface area is 127 Å². The molecule has 2 heterocycles. The molecular formula is C16H16FN3S. The molecule has 5 heteroatoms. The van der Waals surface area contributed by atoms with Crippen molar-refractivity contribution in [2.24, 2.45) is 0 Å². The van der Waals surface area contributed by atoms with E-state index in [-0.39, 0.29) is 5.82 Å². The van der Waals surface area contributed by atoms with Gasteiger partial charge in [-0.05, 0) is 35.7 Å². The van der Waals surface area contributed by atoms with Crippen molar-refractivity contribution < 1.29 is 4.39 Å². The maximum Gasteiger partial charge on any atom is 0.186 e. The van der Waals surface area contributed by atoms with Crippen LogP contribution in [0.25, 0.3) is 10.2 Å². The minimum absolute atomic E-state index is 0.308. The van der Waals surface area contributed by atoms with Crippen molar-refractivity contribution in [2.45, 2.75) is 19.9 Å². The number of fused-ring (bicyclic) bond motifs is 1. The summed E-state index contributed by atoms with van der Waals surface area (Å²) in [5.41, 5.74) is 3.16. The third-order valence-corrected chi connectivity index (χ3v) is 4.49. The normalized spacial score (nSPS) is 11.0. The predicted octanol–water partition coefficient (Wildman–Crippen LogP) is 4.03. The van der Waals surface area contributed by atoms with Crippen LogP contribution in [0.5, 0.6) is 0 Å². The Kier molecular flexibility index (Phi) is 3.84. The van der Waals surface area contributed by atoms with E-state index in [0.717, 1.165) is 22.6 Å². The summed E-state index contributed by atoms with van der Waals surface area (Å²) in [6.07, 6.45) is 3.92. The van der Waals surface area contributed by atoms with Gasteiger partial charge in [-0.3, -0.25) is 4.98 Å². The predicted molar refractivity (Wildman–Crippen MR) is 85.3 cm³/mol. The van der Waals surface area contributed by atoms with Crippen LogP contribution in [0.15, 0.2) is 36.7 Å². The molecule has 21 heavy (non-hydrogen) atoms. The first-order chi connectivity index (χ1) is 10.2. The molecule has 0 N–H and O–H groups in total. The maximum atomic E-state index is 13.2. The minimum atomic E-state index is -0.308. The Morgan fingerprint density at radius 1 is 1.19 bits per heavy atom. The van der Waals surface area contributed by atoms with Gasteiger partial charge in [0.2, 0.25) is 0 Å². The standard InChI is InChI=1S/C16H16FN3S/c1-3-11-4-5-14-15(7-11)21-16(19-14)20(2)10-12-6-13(17)9-18-8-12/h4-9H,3,10H2,1-2H3. The van der Waals surface area contributed by atoms with Crippen LogP contribution in [-0.4, -0.2) is 17.0 Å². The Morgan fingerprint density at radius 2 is 2.05 bits per heavy atom. The van der Waals surface area contributed by atoms with Crippen LogP contribution < -0.4 is 4.90 Å². The Morgan fingerprint density at radius 3 is 2.81 bits per heavy atom. The highest BCUT2D eigenvalue weighted by Gasteiger charge is 2.10. The molecule has 0 atom stereocenters. The van der Waals surface area contributed by atoms with Crippen molar-refractivity contribution >= 4 is 26.7 Å². The third-order valence-electron chi connectivity index (χ3n) is 3.36. The fraction of sp³-hybridized carbons (Fsp3) is 0.250. The van der Waals surface area contributed by atoms with Crippen LogP contribution in [-0.2, 0) is 13.0 Å². The second-order valence-electron chi connectivity index (χ2n) is 5.02. The number of nitrogens with zero attached hydrogens (tertiary/aromatic N) is 3. The lowest BCUT2D eigenvalue weighted by atomic mass is 10.2. The third kappa shape index (κ3) is 3.03. The van der Waals surface area contributed by atoms with Gasteiger partial charge in [-0.15, -0.1) is 0 Å². The lowest BCUT2D eigenvalue weighted by Crippen LogP contribution is -2.16. The highest BCUT2D eigenvalue weighted by Crippen LogP contribution is 2.29. The van der Waals surface area contributed by atoms with Gasteiger partial charge in [-0.1, -0.05) is 24.3 Å². The van der Waals surface area contributed by atoms with E-state index >= 15 is 0 Å². The number of pyridine rings is 1. The van der Waals surface area contributed by atoms with Crippen LogP contribution in [0, 0.1) is 5.82 Å². The van der Waals surface area contributed by atoms with Crippen molar-refractivity contribution in [3.63, 3.8) is 0 Å². The van der Waals surface area contributed by atoms with E-state index in [1.54, 1.807) is 17.5 Å². The highest BCUT2D eigenvalue weighted by atomic mass is 32.1. The van der Waals surface area contributed by atoms with Crippen molar-refractivity contribution in [1.82, 2.24) is 9.97 Å². The molecule has 0 aliphatic rings. The molecule has 0 saturated heterocycles. The highest BCUT2D eigenvalue weighted by molar-refractivity contribution is 7.22. The molecule has 3 rings (SSSR count). The van der Waals surface area contributed by atoms with E-state index in [4.69, 9.17) is 0 Å². The molecule has 2 aromatic heterocycles. The monoisotopic (exact) mass is 301 g/mol. The summed E-state index contributed by atoms with van der Waals surface area (Å²) in [7, 11) is 1.96. The number of hydrogen-bond acceptors (Lipinski definition) is 4. The molecule has 3 nitrogen and oxygen atoms in total. The number of benzene rings is 1. The molecule has 108 valence electrons. The van der Waals surface area contributed by atoms with Crippen LogP contribution in [0.1, 0.15) is 18.1 Å².